The summed E-state index contributed by atoms with van der Waals surface area (Å²) >= 11 is 0. The van der Waals surface area contributed by atoms with Gasteiger partial charge in [-0.25, -0.2) is 4.79 Å². The van der Waals surface area contributed by atoms with E-state index in [0.29, 0.717) is 18.5 Å². The minimum absolute atomic E-state index is 0.0161. The van der Waals surface area contributed by atoms with E-state index in [2.05, 4.69) is 16.6 Å². The fourth-order valence-corrected chi connectivity index (χ4v) is 1.68. The third-order valence-corrected chi connectivity index (χ3v) is 2.79. The number of amides is 2. The van der Waals surface area contributed by atoms with Crippen molar-refractivity contribution in [2.45, 2.75) is 32.2 Å². The molecule has 0 heterocycles. The number of carboxylic acids is 1. The summed E-state index contributed by atoms with van der Waals surface area (Å²) in [5, 5.41) is 14.1. The lowest BCUT2D eigenvalue weighted by atomic mass is 10.1. The molecule has 3 N–H and O–H groups in total. The molecule has 0 aliphatic carbocycles. The zero-order valence-electron chi connectivity index (χ0n) is 11.3. The quantitative estimate of drug-likeness (QED) is 0.696. The van der Waals surface area contributed by atoms with E-state index in [1.54, 1.807) is 24.3 Å². The van der Waals surface area contributed by atoms with Crippen molar-refractivity contribution >= 4 is 17.7 Å². The largest absolute Gasteiger partial charge is 0.481 e. The summed E-state index contributed by atoms with van der Waals surface area (Å²) in [6.07, 6.45) is 6.30. The van der Waals surface area contributed by atoms with Crippen molar-refractivity contribution in [3.63, 3.8) is 0 Å². The number of aliphatic carboxylic acids is 1. The number of carbonyl (C=O) groups excluding carboxylic acids is 1. The van der Waals surface area contributed by atoms with E-state index in [1.807, 2.05) is 6.92 Å². The second-order valence-electron chi connectivity index (χ2n) is 4.28. The lowest BCUT2D eigenvalue weighted by Gasteiger charge is -2.14. The molecule has 0 fully saturated rings. The number of hydrogen-bond donors (Lipinski definition) is 3. The smallest absolute Gasteiger partial charge is 0.320 e. The van der Waals surface area contributed by atoms with E-state index < -0.39 is 12.0 Å². The Kier molecular flexibility index (Phi) is 6.11. The molecule has 2 amide bonds. The molecule has 1 aromatic rings. The van der Waals surface area contributed by atoms with E-state index in [-0.39, 0.29) is 12.5 Å². The number of benzene rings is 1. The highest BCUT2D eigenvalue weighted by atomic mass is 16.4. The van der Waals surface area contributed by atoms with Crippen LogP contribution in [0.3, 0.4) is 0 Å². The van der Waals surface area contributed by atoms with Crippen LogP contribution in [0, 0.1) is 12.3 Å². The average molecular weight is 274 g/mol. The topological polar surface area (TPSA) is 78.4 Å². The van der Waals surface area contributed by atoms with E-state index in [4.69, 9.17) is 11.5 Å². The first-order chi connectivity index (χ1) is 9.56. The predicted octanol–water partition coefficient (Wildman–Crippen LogP) is 2.24. The third-order valence-electron chi connectivity index (χ3n) is 2.79. The third kappa shape index (κ3) is 5.02. The van der Waals surface area contributed by atoms with E-state index in [1.165, 1.54) is 0 Å². The first-order valence-electron chi connectivity index (χ1n) is 6.40. The predicted molar refractivity (Wildman–Crippen MR) is 77.5 cm³/mol. The standard InChI is InChI=1S/C15H18N2O3/c1-3-12(4-2)16-15(20)17-13-8-6-5-7-11(13)9-10-14(18)19/h1,5-8,12H,4,9-10H2,2H3,(H,18,19)(H2,16,17,20). The molecule has 106 valence electrons. The van der Waals surface area contributed by atoms with Crippen molar-refractivity contribution in [1.29, 1.82) is 0 Å². The molecule has 0 bridgehead atoms. The highest BCUT2D eigenvalue weighted by Gasteiger charge is 2.10. The van der Waals surface area contributed by atoms with E-state index >= 15 is 0 Å². The molecule has 1 atom stereocenters. The summed E-state index contributed by atoms with van der Waals surface area (Å²) in [4.78, 5) is 22.4. The fourth-order valence-electron chi connectivity index (χ4n) is 1.68. The van der Waals surface area contributed by atoms with Gasteiger partial charge in [0.05, 0.1) is 6.04 Å². The lowest BCUT2D eigenvalue weighted by Crippen LogP contribution is -2.36. The number of carbonyl (C=O) groups is 2. The molecule has 5 nitrogen and oxygen atoms in total. The van der Waals surface area contributed by atoms with Crippen molar-refractivity contribution in [3.05, 3.63) is 29.8 Å². The van der Waals surface area contributed by atoms with Gasteiger partial charge in [0.2, 0.25) is 0 Å². The summed E-state index contributed by atoms with van der Waals surface area (Å²) in [6, 6.07) is 6.39. The van der Waals surface area contributed by atoms with Crippen LogP contribution < -0.4 is 10.6 Å². The van der Waals surface area contributed by atoms with Crippen LogP contribution in [0.2, 0.25) is 0 Å². The molecule has 0 aliphatic heterocycles. The van der Waals surface area contributed by atoms with Gasteiger partial charge in [-0.2, -0.15) is 0 Å². The second-order valence-corrected chi connectivity index (χ2v) is 4.28. The number of carboxylic acid groups (broad SMARTS) is 1. The number of anilines is 1. The normalized spacial score (nSPS) is 11.2. The van der Waals surface area contributed by atoms with Gasteiger partial charge in [-0.3, -0.25) is 4.79 Å². The van der Waals surface area contributed by atoms with Gasteiger partial charge in [0.15, 0.2) is 0 Å². The Hall–Kier alpha value is -2.48. The van der Waals surface area contributed by atoms with Crippen molar-refractivity contribution in [3.8, 4) is 12.3 Å². The van der Waals surface area contributed by atoms with Gasteiger partial charge in [-0.15, -0.1) is 6.42 Å². The van der Waals surface area contributed by atoms with Gasteiger partial charge in [-0.05, 0) is 24.5 Å². The number of hydrogen-bond acceptors (Lipinski definition) is 2. The zero-order chi connectivity index (χ0) is 15.0. The fraction of sp³-hybridized carbons (Fsp3) is 0.333. The molecular weight excluding hydrogens is 256 g/mol. The van der Waals surface area contributed by atoms with Crippen LogP contribution in [0.1, 0.15) is 25.3 Å². The Balaban J connectivity index is 2.69. The number of nitrogens with one attached hydrogen (secondary N) is 2. The molecule has 0 aromatic heterocycles. The second kappa shape index (κ2) is 7.85. The minimum atomic E-state index is -0.873. The number of aryl methyl sites for hydroxylation is 1. The molecule has 0 saturated heterocycles. The molecular formula is C15H18N2O3. The maximum absolute atomic E-state index is 11.8. The van der Waals surface area contributed by atoms with Crippen LogP contribution in [-0.2, 0) is 11.2 Å². The highest BCUT2D eigenvalue weighted by Crippen LogP contribution is 2.16. The maximum Gasteiger partial charge on any atom is 0.320 e. The minimum Gasteiger partial charge on any atom is -0.481 e. The van der Waals surface area contributed by atoms with Gasteiger partial charge in [-0.1, -0.05) is 31.0 Å². The van der Waals surface area contributed by atoms with Crippen molar-refractivity contribution < 1.29 is 14.7 Å². The van der Waals surface area contributed by atoms with E-state index in [9.17, 15) is 9.59 Å². The van der Waals surface area contributed by atoms with Crippen LogP contribution in [-0.4, -0.2) is 23.1 Å². The molecule has 1 aromatic carbocycles. The molecule has 0 saturated carbocycles. The Morgan fingerprint density at radius 2 is 2.10 bits per heavy atom. The zero-order valence-corrected chi connectivity index (χ0v) is 11.3. The van der Waals surface area contributed by atoms with Crippen LogP contribution in [0.4, 0.5) is 10.5 Å². The Morgan fingerprint density at radius 1 is 1.40 bits per heavy atom. The summed E-state index contributed by atoms with van der Waals surface area (Å²) in [6.45, 7) is 1.88. The molecule has 0 radical (unpaired) electrons. The van der Waals surface area contributed by atoms with Crippen LogP contribution in [0.5, 0.6) is 0 Å². The summed E-state index contributed by atoms with van der Waals surface area (Å²) in [7, 11) is 0. The maximum atomic E-state index is 11.8. The van der Waals surface area contributed by atoms with Gasteiger partial charge in [0.1, 0.15) is 0 Å². The van der Waals surface area contributed by atoms with Gasteiger partial charge < -0.3 is 15.7 Å². The van der Waals surface area contributed by atoms with Crippen LogP contribution >= 0.6 is 0 Å². The monoisotopic (exact) mass is 274 g/mol. The Morgan fingerprint density at radius 3 is 2.70 bits per heavy atom. The van der Waals surface area contributed by atoms with Gasteiger partial charge >= 0.3 is 12.0 Å². The first-order valence-corrected chi connectivity index (χ1v) is 6.40. The van der Waals surface area contributed by atoms with Crippen molar-refractivity contribution in [1.82, 2.24) is 5.32 Å². The van der Waals surface area contributed by atoms with Gasteiger partial charge in [0, 0.05) is 12.1 Å². The first kappa shape index (κ1) is 15.6. The molecule has 1 rings (SSSR count). The number of para-hydroxylation sites is 1. The summed E-state index contributed by atoms with van der Waals surface area (Å²) < 4.78 is 0. The number of terminal acetylenes is 1. The van der Waals surface area contributed by atoms with Gasteiger partial charge in [0.25, 0.3) is 0 Å². The highest BCUT2D eigenvalue weighted by molar-refractivity contribution is 5.90. The SMILES string of the molecule is C#CC(CC)NC(=O)Nc1ccccc1CCC(=O)O. The average Bonchev–Trinajstić information content (AvgIpc) is 2.43. The molecule has 1 unspecified atom stereocenters. The summed E-state index contributed by atoms with van der Waals surface area (Å²) in [5.41, 5.74) is 1.37. The van der Waals surface area contributed by atoms with Crippen LogP contribution in [0.15, 0.2) is 24.3 Å². The van der Waals surface area contributed by atoms with Crippen LogP contribution in [0.25, 0.3) is 0 Å². The van der Waals surface area contributed by atoms with E-state index in [0.717, 1.165) is 5.56 Å². The Bertz CT molecular complexity index is 520. The number of rotatable bonds is 6. The molecule has 0 aliphatic rings. The van der Waals surface area contributed by atoms with Crippen molar-refractivity contribution in [2.24, 2.45) is 0 Å². The molecule has 5 heteroatoms. The Labute approximate surface area is 118 Å². The lowest BCUT2D eigenvalue weighted by molar-refractivity contribution is -0.136. The number of urea groups is 1. The molecule has 20 heavy (non-hydrogen) atoms. The van der Waals surface area contributed by atoms with Crippen molar-refractivity contribution in [2.75, 3.05) is 5.32 Å². The molecule has 0 spiro atoms. The summed E-state index contributed by atoms with van der Waals surface area (Å²) in [5.74, 6) is 1.60.